The fraction of sp³-hybridized carbons (Fsp3) is 0.214. The summed E-state index contributed by atoms with van der Waals surface area (Å²) in [6, 6.07) is 22.0. The molecule has 3 aromatic carbocycles. The number of hydrogen-bond donors (Lipinski definition) is 1. The number of anilines is 1. The summed E-state index contributed by atoms with van der Waals surface area (Å²) < 4.78 is 33.7. The first-order chi connectivity index (χ1) is 18.0. The number of rotatable bonds is 8. The second-order valence-electron chi connectivity index (χ2n) is 9.51. The molecule has 1 aliphatic rings. The predicted octanol–water partition coefficient (Wildman–Crippen LogP) is 6.85. The maximum absolute atomic E-state index is 15.2. The van der Waals surface area contributed by atoms with Crippen LogP contribution in [0.3, 0.4) is 0 Å². The molecular formula is C28H28IN2O6P. The number of carbonyl (C=O) groups excluding carboxylic acids is 2. The lowest BCUT2D eigenvalue weighted by molar-refractivity contribution is -0.121. The molecule has 0 aromatic heterocycles. The normalized spacial score (nSPS) is 16.9. The fourth-order valence-electron chi connectivity index (χ4n) is 4.06. The van der Waals surface area contributed by atoms with E-state index in [0.717, 1.165) is 3.57 Å². The Kier molecular flexibility index (Phi) is 7.90. The van der Waals surface area contributed by atoms with Crippen LogP contribution in [0.2, 0.25) is 0 Å². The summed E-state index contributed by atoms with van der Waals surface area (Å²) in [4.78, 5) is 29.1. The molecule has 0 saturated heterocycles. The van der Waals surface area contributed by atoms with Crippen LogP contribution in [0.1, 0.15) is 26.3 Å². The highest BCUT2D eigenvalue weighted by atomic mass is 127. The van der Waals surface area contributed by atoms with Crippen molar-refractivity contribution in [1.82, 2.24) is 5.32 Å². The van der Waals surface area contributed by atoms with Crippen LogP contribution in [0.15, 0.2) is 91.5 Å². The number of carbonyl (C=O) groups is 2. The van der Waals surface area contributed by atoms with Gasteiger partial charge in [0.15, 0.2) is 0 Å². The van der Waals surface area contributed by atoms with Gasteiger partial charge in [0.05, 0.1) is 5.69 Å². The number of benzene rings is 3. The van der Waals surface area contributed by atoms with E-state index < -0.39 is 30.5 Å². The molecule has 10 heteroatoms. The Labute approximate surface area is 235 Å². The highest BCUT2D eigenvalue weighted by Gasteiger charge is 2.68. The third-order valence-electron chi connectivity index (χ3n) is 5.54. The maximum Gasteiger partial charge on any atom is 0.470 e. The number of fused-ring (bicyclic) bond motifs is 1. The van der Waals surface area contributed by atoms with E-state index in [1.54, 1.807) is 99.6 Å². The second-order valence-corrected chi connectivity index (χ2v) is 12.8. The number of amides is 2. The van der Waals surface area contributed by atoms with Crippen LogP contribution in [-0.2, 0) is 19.4 Å². The molecule has 1 aliphatic heterocycles. The number of nitrogens with zero attached hydrogens (tertiary/aromatic N) is 1. The zero-order chi connectivity index (χ0) is 27.6. The molecule has 0 aliphatic carbocycles. The Hall–Kier alpha value is -3.30. The van der Waals surface area contributed by atoms with Gasteiger partial charge in [0.1, 0.15) is 17.1 Å². The first kappa shape index (κ1) is 27.7. The van der Waals surface area contributed by atoms with Gasteiger partial charge in [-0.3, -0.25) is 10.1 Å². The van der Waals surface area contributed by atoms with Gasteiger partial charge in [-0.15, -0.1) is 6.58 Å². The van der Waals surface area contributed by atoms with Gasteiger partial charge in [-0.1, -0.05) is 42.5 Å². The number of ether oxygens (including phenoxy) is 1. The summed E-state index contributed by atoms with van der Waals surface area (Å²) >= 11 is 2.09. The molecule has 4 rings (SSSR count). The summed E-state index contributed by atoms with van der Waals surface area (Å²) in [6.45, 7) is 8.94. The monoisotopic (exact) mass is 646 g/mol. The molecule has 8 nitrogen and oxygen atoms in total. The molecule has 198 valence electrons. The Morgan fingerprint density at radius 1 is 1.03 bits per heavy atom. The molecular weight excluding hydrogens is 618 g/mol. The van der Waals surface area contributed by atoms with Gasteiger partial charge in [0.25, 0.3) is 11.2 Å². The molecule has 0 radical (unpaired) electrons. The Bertz CT molecular complexity index is 1350. The quantitative estimate of drug-likeness (QED) is 0.164. The van der Waals surface area contributed by atoms with Crippen LogP contribution >= 0.6 is 30.2 Å². The first-order valence-corrected chi connectivity index (χ1v) is 14.4. The van der Waals surface area contributed by atoms with Crippen LogP contribution in [0, 0.1) is 3.57 Å². The predicted molar refractivity (Wildman–Crippen MR) is 155 cm³/mol. The van der Waals surface area contributed by atoms with Crippen molar-refractivity contribution in [2.45, 2.75) is 31.7 Å². The van der Waals surface area contributed by atoms with Gasteiger partial charge in [-0.2, -0.15) is 0 Å². The third kappa shape index (κ3) is 5.44. The number of hydrogen-bond acceptors (Lipinski definition) is 6. The zero-order valence-corrected chi connectivity index (χ0v) is 24.3. The number of nitrogens with one attached hydrogen (secondary N) is 1. The Morgan fingerprint density at radius 2 is 1.58 bits per heavy atom. The Balaban J connectivity index is 2.00. The summed E-state index contributed by atoms with van der Waals surface area (Å²) in [5.41, 5.74) is -0.191. The van der Waals surface area contributed by atoms with Crippen LogP contribution in [0.25, 0.3) is 0 Å². The maximum atomic E-state index is 15.2. The topological polar surface area (TPSA) is 94.2 Å². The number of alkyl carbamates (subject to hydrolysis) is 1. The van der Waals surface area contributed by atoms with Crippen molar-refractivity contribution in [2.24, 2.45) is 0 Å². The molecule has 2 amide bonds. The molecule has 0 spiro atoms. The molecule has 0 saturated carbocycles. The minimum atomic E-state index is -4.67. The molecule has 1 heterocycles. The molecule has 1 N–H and O–H groups in total. The van der Waals surface area contributed by atoms with Gasteiger partial charge in [-0.05, 0) is 85.8 Å². The van der Waals surface area contributed by atoms with Gasteiger partial charge < -0.3 is 18.7 Å². The smallest absolute Gasteiger partial charge is 0.444 e. The van der Waals surface area contributed by atoms with Crippen LogP contribution < -0.4 is 19.3 Å². The van der Waals surface area contributed by atoms with Crippen LogP contribution in [0.4, 0.5) is 10.5 Å². The van der Waals surface area contributed by atoms with Crippen molar-refractivity contribution in [3.8, 4) is 11.5 Å². The van der Waals surface area contributed by atoms with Crippen molar-refractivity contribution in [3.05, 3.63) is 101 Å². The Morgan fingerprint density at radius 3 is 2.08 bits per heavy atom. The fourth-order valence-corrected chi connectivity index (χ4v) is 6.72. The van der Waals surface area contributed by atoms with E-state index >= 15 is 4.57 Å². The first-order valence-electron chi connectivity index (χ1n) is 11.8. The lowest BCUT2D eigenvalue weighted by Gasteiger charge is -2.36. The van der Waals surface area contributed by atoms with E-state index in [0.29, 0.717) is 5.69 Å². The van der Waals surface area contributed by atoms with Gasteiger partial charge in [0.2, 0.25) is 0 Å². The standard InChI is InChI=1S/C28H28IN2O6P/c1-5-18-31-24-17-16-20(29)19-23(24)28(25(31)32,30-26(33)35-27(2,3)4)38(34,36-21-12-8-6-9-13-21)37-22-14-10-7-11-15-22/h5-17,19H,1,18H2,2-4H3,(H,30,33)/t28-/m1/s1. The molecule has 3 aromatic rings. The highest BCUT2D eigenvalue weighted by molar-refractivity contribution is 14.1. The SMILES string of the molecule is C=CCN1C(=O)[C@](NC(=O)OC(C)(C)C)(P(=O)(Oc2ccccc2)Oc2ccccc2)c2cc(I)ccc21. The minimum absolute atomic E-state index is 0.0981. The molecule has 38 heavy (non-hydrogen) atoms. The average Bonchev–Trinajstić information content (AvgIpc) is 3.07. The molecule has 1 atom stereocenters. The summed E-state index contributed by atoms with van der Waals surface area (Å²) in [6.07, 6.45) is 0.592. The van der Waals surface area contributed by atoms with Crippen molar-refractivity contribution in [1.29, 1.82) is 0 Å². The van der Waals surface area contributed by atoms with Crippen molar-refractivity contribution in [3.63, 3.8) is 0 Å². The number of para-hydroxylation sites is 2. The summed E-state index contributed by atoms with van der Waals surface area (Å²) in [7, 11) is -4.67. The van der Waals surface area contributed by atoms with Gasteiger partial charge >= 0.3 is 13.7 Å². The summed E-state index contributed by atoms with van der Waals surface area (Å²) in [5.74, 6) is -0.311. The van der Waals surface area contributed by atoms with E-state index in [4.69, 9.17) is 13.8 Å². The zero-order valence-electron chi connectivity index (χ0n) is 21.2. The van der Waals surface area contributed by atoms with E-state index in [9.17, 15) is 9.59 Å². The highest BCUT2D eigenvalue weighted by Crippen LogP contribution is 2.67. The van der Waals surface area contributed by atoms with Crippen LogP contribution in [0.5, 0.6) is 11.5 Å². The summed E-state index contributed by atoms with van der Waals surface area (Å²) in [5, 5.41) is 0.371. The van der Waals surface area contributed by atoms with Gasteiger partial charge in [0, 0.05) is 15.7 Å². The largest absolute Gasteiger partial charge is 0.470 e. The second kappa shape index (κ2) is 10.8. The van der Waals surface area contributed by atoms with Crippen molar-refractivity contribution >= 4 is 47.9 Å². The van der Waals surface area contributed by atoms with Crippen molar-refractivity contribution in [2.75, 3.05) is 11.4 Å². The van der Waals surface area contributed by atoms with E-state index in [2.05, 4.69) is 34.5 Å². The van der Waals surface area contributed by atoms with Crippen LogP contribution in [-0.4, -0.2) is 24.1 Å². The van der Waals surface area contributed by atoms with Crippen molar-refractivity contribution < 1.29 is 27.9 Å². The lowest BCUT2D eigenvalue weighted by atomic mass is 10.1. The minimum Gasteiger partial charge on any atom is -0.444 e. The number of halogens is 1. The average molecular weight is 646 g/mol. The molecule has 0 fully saturated rings. The third-order valence-corrected chi connectivity index (χ3v) is 8.47. The van der Waals surface area contributed by atoms with E-state index in [1.165, 1.54) is 4.90 Å². The lowest BCUT2D eigenvalue weighted by Crippen LogP contribution is -2.55. The van der Waals surface area contributed by atoms with E-state index in [-0.39, 0.29) is 23.6 Å². The molecule has 0 unspecified atom stereocenters. The van der Waals surface area contributed by atoms with E-state index in [1.807, 2.05) is 6.07 Å². The van der Waals surface area contributed by atoms with Gasteiger partial charge in [-0.25, -0.2) is 9.36 Å². The molecule has 0 bridgehead atoms.